The van der Waals surface area contributed by atoms with Gasteiger partial charge in [-0.1, -0.05) is 12.1 Å². The average Bonchev–Trinajstić information content (AvgIpc) is 2.73. The second-order valence-electron chi connectivity index (χ2n) is 6.57. The number of carboxylic acid groups (broad SMARTS) is 1. The van der Waals surface area contributed by atoms with Gasteiger partial charge in [0, 0.05) is 6.20 Å². The Morgan fingerprint density at radius 3 is 2.23 bits per heavy atom. The molecule has 3 rings (SSSR count). The Labute approximate surface area is 173 Å². The molecule has 2 aromatic carbocycles. The molecule has 0 fully saturated rings. The van der Waals surface area contributed by atoms with Gasteiger partial charge in [-0.25, -0.2) is 9.37 Å². The molecule has 9 heteroatoms. The minimum absolute atomic E-state index is 0.119. The lowest BCUT2D eigenvalue weighted by molar-refractivity contribution is -0.140. The van der Waals surface area contributed by atoms with Crippen LogP contribution in [-0.4, -0.2) is 21.8 Å². The van der Waals surface area contributed by atoms with Crippen molar-refractivity contribution in [1.82, 2.24) is 4.98 Å². The molecule has 1 aromatic heterocycles. The highest BCUT2D eigenvalue weighted by Gasteiger charge is 2.32. The van der Waals surface area contributed by atoms with Crippen LogP contribution in [0.5, 0.6) is 11.6 Å². The number of pyridine rings is 1. The van der Waals surface area contributed by atoms with Crippen molar-refractivity contribution in [3.8, 4) is 11.6 Å². The Bertz CT molecular complexity index is 1080. The fourth-order valence-corrected chi connectivity index (χ4v) is 2.82. The molecule has 1 atom stereocenters. The van der Waals surface area contributed by atoms with Gasteiger partial charge >= 0.3 is 12.1 Å². The van der Waals surface area contributed by atoms with E-state index in [4.69, 9.17) is 4.74 Å². The Hall–Kier alpha value is -3.75. The van der Waals surface area contributed by atoms with Crippen LogP contribution in [-0.2, 0) is 17.4 Å². The molecular weight excluding hydrogens is 418 g/mol. The Balaban J connectivity index is 1.85. The van der Waals surface area contributed by atoms with Gasteiger partial charge in [-0.15, -0.1) is 0 Å². The van der Waals surface area contributed by atoms with E-state index in [1.54, 1.807) is 0 Å². The Morgan fingerprint density at radius 1 is 1.00 bits per heavy atom. The van der Waals surface area contributed by atoms with Crippen molar-refractivity contribution in [3.05, 3.63) is 89.4 Å². The van der Waals surface area contributed by atoms with Gasteiger partial charge in [-0.3, -0.25) is 9.59 Å². The molecule has 0 bridgehead atoms. The number of aromatic nitrogens is 1. The van der Waals surface area contributed by atoms with Gasteiger partial charge < -0.3 is 9.84 Å². The second kappa shape index (κ2) is 8.95. The number of aliphatic carboxylic acids is 1. The standard InChI is InChI=1S/C22H15F4NO4/c23-15-7-9-16(10-8-15)31-20-17(2-1-11-27-20)19(28)18(21(29)30)12-13-3-5-14(6-4-13)22(24,25)26/h1-11,18H,12H2,(H,29,30). The van der Waals surface area contributed by atoms with Crippen LogP contribution >= 0.6 is 0 Å². The number of benzene rings is 2. The van der Waals surface area contributed by atoms with E-state index in [0.717, 1.165) is 36.4 Å². The summed E-state index contributed by atoms with van der Waals surface area (Å²) in [4.78, 5) is 28.6. The Kier molecular flexibility index (Phi) is 6.33. The first kappa shape index (κ1) is 21.9. The van der Waals surface area contributed by atoms with Gasteiger partial charge in [-0.05, 0) is 60.5 Å². The maximum absolute atomic E-state index is 13.1. The van der Waals surface area contributed by atoms with Gasteiger partial charge in [0.05, 0.1) is 11.1 Å². The highest BCUT2D eigenvalue weighted by Crippen LogP contribution is 2.30. The lowest BCUT2D eigenvalue weighted by Crippen LogP contribution is -2.26. The van der Waals surface area contributed by atoms with E-state index in [0.29, 0.717) is 0 Å². The van der Waals surface area contributed by atoms with Crippen LogP contribution in [0.3, 0.4) is 0 Å². The summed E-state index contributed by atoms with van der Waals surface area (Å²) >= 11 is 0. The number of hydrogen-bond donors (Lipinski definition) is 1. The predicted octanol–water partition coefficient (Wildman–Crippen LogP) is 5.16. The minimum atomic E-state index is -4.52. The van der Waals surface area contributed by atoms with Crippen molar-refractivity contribution in [2.45, 2.75) is 12.6 Å². The van der Waals surface area contributed by atoms with Gasteiger partial charge in [0.2, 0.25) is 5.88 Å². The van der Waals surface area contributed by atoms with Crippen molar-refractivity contribution in [3.63, 3.8) is 0 Å². The summed E-state index contributed by atoms with van der Waals surface area (Å²) in [5.74, 6) is -4.32. The van der Waals surface area contributed by atoms with Crippen molar-refractivity contribution in [2.75, 3.05) is 0 Å². The molecule has 1 heterocycles. The SMILES string of the molecule is O=C(O)C(Cc1ccc(C(F)(F)F)cc1)C(=O)c1cccnc1Oc1ccc(F)cc1. The number of Topliss-reactive ketones (excluding diaryl/α,β-unsaturated/α-hetero) is 1. The van der Waals surface area contributed by atoms with Crippen molar-refractivity contribution >= 4 is 11.8 Å². The normalized spacial score (nSPS) is 12.3. The lowest BCUT2D eigenvalue weighted by Gasteiger charge is -2.15. The number of hydrogen-bond acceptors (Lipinski definition) is 4. The number of nitrogens with zero attached hydrogens (tertiary/aromatic N) is 1. The van der Waals surface area contributed by atoms with E-state index in [1.165, 1.54) is 30.5 Å². The summed E-state index contributed by atoms with van der Waals surface area (Å²) in [7, 11) is 0. The topological polar surface area (TPSA) is 76.5 Å². The molecule has 0 saturated heterocycles. The monoisotopic (exact) mass is 433 g/mol. The number of alkyl halides is 3. The van der Waals surface area contributed by atoms with Gasteiger partial charge in [0.25, 0.3) is 0 Å². The van der Waals surface area contributed by atoms with Crippen LogP contribution in [0.25, 0.3) is 0 Å². The first-order valence-electron chi connectivity index (χ1n) is 8.97. The molecule has 0 radical (unpaired) electrons. The second-order valence-corrected chi connectivity index (χ2v) is 6.57. The fourth-order valence-electron chi connectivity index (χ4n) is 2.82. The quantitative estimate of drug-likeness (QED) is 0.317. The van der Waals surface area contributed by atoms with Crippen LogP contribution < -0.4 is 4.74 Å². The van der Waals surface area contributed by atoms with E-state index in [2.05, 4.69) is 4.98 Å². The lowest BCUT2D eigenvalue weighted by atomic mass is 9.91. The molecule has 5 nitrogen and oxygen atoms in total. The van der Waals surface area contributed by atoms with E-state index < -0.39 is 35.2 Å². The number of carboxylic acids is 1. The van der Waals surface area contributed by atoms with E-state index >= 15 is 0 Å². The maximum Gasteiger partial charge on any atom is 0.416 e. The minimum Gasteiger partial charge on any atom is -0.481 e. The summed E-state index contributed by atoms with van der Waals surface area (Å²) < 4.78 is 56.7. The molecule has 0 aliphatic rings. The average molecular weight is 433 g/mol. The molecule has 0 amide bonds. The summed E-state index contributed by atoms with van der Waals surface area (Å²) in [6, 6.07) is 11.6. The van der Waals surface area contributed by atoms with Crippen molar-refractivity contribution in [1.29, 1.82) is 0 Å². The zero-order valence-corrected chi connectivity index (χ0v) is 15.8. The first-order chi connectivity index (χ1) is 14.6. The molecular formula is C22H15F4NO4. The van der Waals surface area contributed by atoms with E-state index in [9.17, 15) is 32.3 Å². The summed E-state index contributed by atoms with van der Waals surface area (Å²) in [6.45, 7) is 0. The third kappa shape index (κ3) is 5.44. The van der Waals surface area contributed by atoms with Crippen LogP contribution in [0.15, 0.2) is 66.9 Å². The molecule has 0 spiro atoms. The smallest absolute Gasteiger partial charge is 0.416 e. The molecule has 160 valence electrons. The summed E-state index contributed by atoms with van der Waals surface area (Å²) in [5.41, 5.74) is -0.749. The predicted molar refractivity (Wildman–Crippen MR) is 101 cm³/mol. The number of ketones is 1. The van der Waals surface area contributed by atoms with Gasteiger partial charge in [-0.2, -0.15) is 13.2 Å². The maximum atomic E-state index is 13.1. The highest BCUT2D eigenvalue weighted by molar-refractivity contribution is 6.09. The van der Waals surface area contributed by atoms with E-state index in [1.807, 2.05) is 0 Å². The van der Waals surface area contributed by atoms with Crippen LogP contribution in [0.2, 0.25) is 0 Å². The third-order valence-corrected chi connectivity index (χ3v) is 4.40. The largest absolute Gasteiger partial charge is 0.481 e. The van der Waals surface area contributed by atoms with E-state index in [-0.39, 0.29) is 29.2 Å². The molecule has 0 aliphatic carbocycles. The highest BCUT2D eigenvalue weighted by atomic mass is 19.4. The number of ether oxygens (including phenoxy) is 1. The zero-order chi connectivity index (χ0) is 22.6. The Morgan fingerprint density at radius 2 is 1.65 bits per heavy atom. The van der Waals surface area contributed by atoms with Crippen molar-refractivity contribution < 1.29 is 37.0 Å². The number of halogens is 4. The molecule has 1 unspecified atom stereocenters. The molecule has 31 heavy (non-hydrogen) atoms. The summed E-state index contributed by atoms with van der Waals surface area (Å²) in [5, 5.41) is 9.56. The number of carbonyl (C=O) groups is 2. The summed E-state index contributed by atoms with van der Waals surface area (Å²) in [6.07, 6.45) is -3.51. The fraction of sp³-hybridized carbons (Fsp3) is 0.136. The zero-order valence-electron chi connectivity index (χ0n) is 15.8. The van der Waals surface area contributed by atoms with Crippen LogP contribution in [0, 0.1) is 11.7 Å². The van der Waals surface area contributed by atoms with Crippen LogP contribution in [0.1, 0.15) is 21.5 Å². The van der Waals surface area contributed by atoms with Gasteiger partial charge in [0.15, 0.2) is 5.78 Å². The molecule has 0 aliphatic heterocycles. The molecule has 0 saturated carbocycles. The van der Waals surface area contributed by atoms with Crippen molar-refractivity contribution in [2.24, 2.45) is 5.92 Å². The number of carbonyl (C=O) groups excluding carboxylic acids is 1. The molecule has 1 N–H and O–H groups in total. The number of rotatable bonds is 7. The van der Waals surface area contributed by atoms with Crippen LogP contribution in [0.4, 0.5) is 17.6 Å². The third-order valence-electron chi connectivity index (χ3n) is 4.40. The molecule has 3 aromatic rings. The first-order valence-corrected chi connectivity index (χ1v) is 8.97. The van der Waals surface area contributed by atoms with Gasteiger partial charge in [0.1, 0.15) is 17.5 Å².